The average molecular weight is 422 g/mol. The van der Waals surface area contributed by atoms with Crippen LogP contribution in [0.1, 0.15) is 33.2 Å². The van der Waals surface area contributed by atoms with E-state index in [-0.39, 0.29) is 11.8 Å². The number of likely N-dealkylation sites (N-methyl/N-ethyl adjacent to an activating group) is 1. The maximum absolute atomic E-state index is 13.1. The van der Waals surface area contributed by atoms with Crippen molar-refractivity contribution in [1.29, 1.82) is 0 Å². The summed E-state index contributed by atoms with van der Waals surface area (Å²) in [6.07, 6.45) is 0. The first-order chi connectivity index (χ1) is 14.9. The minimum atomic E-state index is -0.578. The molecule has 0 radical (unpaired) electrons. The first-order valence-corrected chi connectivity index (χ1v) is 10.3. The topological polar surface area (TPSA) is 93.2 Å². The molecule has 2 aliphatic rings. The van der Waals surface area contributed by atoms with Crippen molar-refractivity contribution in [3.8, 4) is 11.1 Å². The Morgan fingerprint density at radius 2 is 1.65 bits per heavy atom. The Kier molecular flexibility index (Phi) is 5.75. The van der Waals surface area contributed by atoms with E-state index in [1.807, 2.05) is 30.1 Å². The van der Waals surface area contributed by atoms with E-state index in [4.69, 9.17) is 5.21 Å². The maximum Gasteiger partial charge on any atom is 0.274 e. The number of rotatable bonds is 4. The van der Waals surface area contributed by atoms with Crippen LogP contribution in [-0.4, -0.2) is 76.9 Å². The number of hydrogen-bond donors (Lipinski definition) is 2. The molecule has 0 saturated carbocycles. The Balaban J connectivity index is 1.50. The van der Waals surface area contributed by atoms with Gasteiger partial charge in [0, 0.05) is 43.9 Å². The fourth-order valence-electron chi connectivity index (χ4n) is 4.12. The first-order valence-electron chi connectivity index (χ1n) is 10.3. The standard InChI is InChI=1S/C23H26N4O4/c1-15(22(29)26-11-9-25(2)10-12-26)27-14-19-8-7-18(13-20(19)23(27)30)16-3-5-17(6-4-16)21(28)24-31/h3-8,13,15,31H,9-12,14H2,1-2H3,(H,24,28). The molecule has 0 aromatic heterocycles. The summed E-state index contributed by atoms with van der Waals surface area (Å²) in [6, 6.07) is 11.9. The Bertz CT molecular complexity index is 1010. The normalized spacial score (nSPS) is 17.5. The number of carbonyl (C=O) groups excluding carboxylic acids is 3. The second-order valence-corrected chi connectivity index (χ2v) is 8.13. The number of carbonyl (C=O) groups is 3. The molecule has 0 spiro atoms. The van der Waals surface area contributed by atoms with Gasteiger partial charge < -0.3 is 14.7 Å². The molecule has 1 unspecified atom stereocenters. The van der Waals surface area contributed by atoms with Crippen LogP contribution in [0.3, 0.4) is 0 Å². The van der Waals surface area contributed by atoms with Gasteiger partial charge in [0.1, 0.15) is 6.04 Å². The molecule has 1 atom stereocenters. The second-order valence-electron chi connectivity index (χ2n) is 8.13. The van der Waals surface area contributed by atoms with Gasteiger partial charge in [-0.3, -0.25) is 19.6 Å². The van der Waals surface area contributed by atoms with Crippen LogP contribution in [0.2, 0.25) is 0 Å². The fraction of sp³-hybridized carbons (Fsp3) is 0.348. The minimum absolute atomic E-state index is 0.00720. The summed E-state index contributed by atoms with van der Waals surface area (Å²) in [5.41, 5.74) is 5.16. The third-order valence-electron chi connectivity index (χ3n) is 6.16. The molecule has 8 heteroatoms. The number of benzene rings is 2. The summed E-state index contributed by atoms with van der Waals surface area (Å²) in [7, 11) is 2.04. The smallest absolute Gasteiger partial charge is 0.274 e. The molecule has 1 saturated heterocycles. The predicted octanol–water partition coefficient (Wildman–Crippen LogP) is 1.59. The van der Waals surface area contributed by atoms with Gasteiger partial charge in [0.15, 0.2) is 0 Å². The maximum atomic E-state index is 13.1. The van der Waals surface area contributed by atoms with Crippen LogP contribution in [0.5, 0.6) is 0 Å². The van der Waals surface area contributed by atoms with Gasteiger partial charge in [0.25, 0.3) is 11.8 Å². The third-order valence-corrected chi connectivity index (χ3v) is 6.16. The summed E-state index contributed by atoms with van der Waals surface area (Å²) in [5, 5.41) is 8.74. The molecule has 0 bridgehead atoms. The summed E-state index contributed by atoms with van der Waals surface area (Å²) in [5.74, 6) is -0.722. The van der Waals surface area contributed by atoms with Crippen molar-refractivity contribution >= 4 is 17.7 Å². The molecule has 2 aromatic rings. The number of nitrogens with one attached hydrogen (secondary N) is 1. The van der Waals surface area contributed by atoms with Crippen molar-refractivity contribution in [2.24, 2.45) is 0 Å². The molecule has 31 heavy (non-hydrogen) atoms. The van der Waals surface area contributed by atoms with Crippen LogP contribution in [0.25, 0.3) is 11.1 Å². The molecule has 1 fully saturated rings. The van der Waals surface area contributed by atoms with Gasteiger partial charge in [-0.15, -0.1) is 0 Å². The molecule has 8 nitrogen and oxygen atoms in total. The van der Waals surface area contributed by atoms with Gasteiger partial charge in [-0.25, -0.2) is 5.48 Å². The van der Waals surface area contributed by atoms with Crippen molar-refractivity contribution in [3.05, 3.63) is 59.2 Å². The van der Waals surface area contributed by atoms with Crippen LogP contribution in [0.15, 0.2) is 42.5 Å². The lowest BCUT2D eigenvalue weighted by atomic mass is 9.99. The van der Waals surface area contributed by atoms with Crippen LogP contribution in [0, 0.1) is 0 Å². The minimum Gasteiger partial charge on any atom is -0.338 e. The molecular weight excluding hydrogens is 396 g/mol. The Morgan fingerprint density at radius 3 is 2.29 bits per heavy atom. The lowest BCUT2D eigenvalue weighted by Crippen LogP contribution is -2.53. The van der Waals surface area contributed by atoms with E-state index in [2.05, 4.69) is 4.90 Å². The molecule has 2 heterocycles. The Morgan fingerprint density at radius 1 is 1.00 bits per heavy atom. The largest absolute Gasteiger partial charge is 0.338 e. The number of amides is 3. The van der Waals surface area contributed by atoms with E-state index < -0.39 is 11.9 Å². The molecule has 2 aromatic carbocycles. The number of fused-ring (bicyclic) bond motifs is 1. The van der Waals surface area contributed by atoms with Gasteiger partial charge >= 0.3 is 0 Å². The van der Waals surface area contributed by atoms with Crippen molar-refractivity contribution in [2.75, 3.05) is 33.2 Å². The van der Waals surface area contributed by atoms with E-state index in [9.17, 15) is 14.4 Å². The third kappa shape index (κ3) is 4.04. The zero-order valence-electron chi connectivity index (χ0n) is 17.7. The number of hydroxylamine groups is 1. The van der Waals surface area contributed by atoms with E-state index in [1.165, 1.54) is 0 Å². The molecule has 2 N–H and O–H groups in total. The zero-order valence-corrected chi connectivity index (χ0v) is 17.7. The first kappa shape index (κ1) is 21.0. The number of piperazine rings is 1. The molecule has 4 rings (SSSR count). The Labute approximate surface area is 181 Å². The quantitative estimate of drug-likeness (QED) is 0.577. The lowest BCUT2D eigenvalue weighted by molar-refractivity contribution is -0.137. The monoisotopic (exact) mass is 422 g/mol. The highest BCUT2D eigenvalue weighted by Crippen LogP contribution is 2.30. The second kappa shape index (κ2) is 8.49. The zero-order chi connectivity index (χ0) is 22.1. The number of hydrogen-bond acceptors (Lipinski definition) is 5. The SMILES string of the molecule is CC(C(=O)N1CCN(C)CC1)N1Cc2ccc(-c3ccc(C(=O)NO)cc3)cc2C1=O. The summed E-state index contributed by atoms with van der Waals surface area (Å²) >= 11 is 0. The highest BCUT2D eigenvalue weighted by Gasteiger charge is 2.36. The average Bonchev–Trinajstić information content (AvgIpc) is 3.14. The van der Waals surface area contributed by atoms with Crippen molar-refractivity contribution in [1.82, 2.24) is 20.2 Å². The molecular formula is C23H26N4O4. The summed E-state index contributed by atoms with van der Waals surface area (Å²) in [6.45, 7) is 5.27. The van der Waals surface area contributed by atoms with Crippen LogP contribution < -0.4 is 5.48 Å². The summed E-state index contributed by atoms with van der Waals surface area (Å²) in [4.78, 5) is 43.2. The van der Waals surface area contributed by atoms with Gasteiger partial charge in [-0.1, -0.05) is 24.3 Å². The molecule has 0 aliphatic carbocycles. The fourth-order valence-corrected chi connectivity index (χ4v) is 4.12. The van der Waals surface area contributed by atoms with E-state index in [0.717, 1.165) is 29.8 Å². The highest BCUT2D eigenvalue weighted by molar-refractivity contribution is 6.02. The molecule has 2 aliphatic heterocycles. The van der Waals surface area contributed by atoms with Crippen molar-refractivity contribution in [2.45, 2.75) is 19.5 Å². The lowest BCUT2D eigenvalue weighted by Gasteiger charge is -2.35. The van der Waals surface area contributed by atoms with Crippen LogP contribution in [-0.2, 0) is 11.3 Å². The van der Waals surface area contributed by atoms with E-state index in [0.29, 0.717) is 30.8 Å². The van der Waals surface area contributed by atoms with Gasteiger partial charge in [-0.05, 0) is 48.9 Å². The summed E-state index contributed by atoms with van der Waals surface area (Å²) < 4.78 is 0. The van der Waals surface area contributed by atoms with Gasteiger partial charge in [0.2, 0.25) is 5.91 Å². The predicted molar refractivity (Wildman–Crippen MR) is 115 cm³/mol. The molecule has 162 valence electrons. The van der Waals surface area contributed by atoms with Crippen molar-refractivity contribution in [3.63, 3.8) is 0 Å². The van der Waals surface area contributed by atoms with Gasteiger partial charge in [-0.2, -0.15) is 0 Å². The van der Waals surface area contributed by atoms with E-state index >= 15 is 0 Å². The Hall–Kier alpha value is -3.23. The van der Waals surface area contributed by atoms with Gasteiger partial charge in [0.05, 0.1) is 0 Å². The highest BCUT2D eigenvalue weighted by atomic mass is 16.5. The van der Waals surface area contributed by atoms with E-state index in [1.54, 1.807) is 41.6 Å². The van der Waals surface area contributed by atoms with Crippen LogP contribution >= 0.6 is 0 Å². The molecule has 3 amide bonds. The van der Waals surface area contributed by atoms with Crippen LogP contribution in [0.4, 0.5) is 0 Å². The number of nitrogens with zero attached hydrogens (tertiary/aromatic N) is 3. The van der Waals surface area contributed by atoms with Crippen molar-refractivity contribution < 1.29 is 19.6 Å².